The molecule has 7 heteroatoms. The van der Waals surface area contributed by atoms with Crippen LogP contribution in [0.15, 0.2) is 22.7 Å². The number of hydrogen-bond donors (Lipinski definition) is 1. The van der Waals surface area contributed by atoms with Gasteiger partial charge in [-0.25, -0.2) is 9.97 Å². The lowest BCUT2D eigenvalue weighted by Crippen LogP contribution is -2.26. The molecule has 2 aromatic rings. The molecule has 0 fully saturated rings. The van der Waals surface area contributed by atoms with Crippen LogP contribution in [0.3, 0.4) is 0 Å². The second-order valence-electron chi connectivity index (χ2n) is 7.37. The Kier molecular flexibility index (Phi) is 5.91. The molecule has 0 radical (unpaired) electrons. The van der Waals surface area contributed by atoms with Gasteiger partial charge in [0.1, 0.15) is 12.4 Å². The van der Waals surface area contributed by atoms with Crippen LogP contribution in [-0.2, 0) is 12.0 Å². The van der Waals surface area contributed by atoms with Gasteiger partial charge >= 0.3 is 0 Å². The van der Waals surface area contributed by atoms with Crippen molar-refractivity contribution in [1.82, 2.24) is 14.9 Å². The van der Waals surface area contributed by atoms with Crippen molar-refractivity contribution in [3.05, 3.63) is 45.2 Å². The molecule has 26 heavy (non-hydrogen) atoms. The lowest BCUT2D eigenvalue weighted by molar-refractivity contribution is 0.0823. The molecule has 0 unspecified atom stereocenters. The van der Waals surface area contributed by atoms with Gasteiger partial charge in [0.2, 0.25) is 5.95 Å². The van der Waals surface area contributed by atoms with Crippen LogP contribution in [0.25, 0.3) is 0 Å². The van der Waals surface area contributed by atoms with E-state index in [1.165, 1.54) is 4.90 Å². The van der Waals surface area contributed by atoms with Crippen molar-refractivity contribution in [1.29, 1.82) is 0 Å². The third-order valence-corrected chi connectivity index (χ3v) is 4.41. The average Bonchev–Trinajstić information content (AvgIpc) is 2.51. The number of anilines is 1. The standard InChI is InChI=1S/C19H25BrN4O2/c1-11-16(17(25)24(5)6)14(23-18(21)22-11)10-26-15-8-7-12(20)9-13(15)19(2,3)4/h7-9H,10H2,1-6H3,(H2,21,22,23). The Morgan fingerprint density at radius 2 is 1.92 bits per heavy atom. The van der Waals surface area contributed by atoms with E-state index in [9.17, 15) is 4.79 Å². The largest absolute Gasteiger partial charge is 0.487 e. The summed E-state index contributed by atoms with van der Waals surface area (Å²) >= 11 is 3.51. The molecule has 140 valence electrons. The first-order valence-electron chi connectivity index (χ1n) is 8.28. The second kappa shape index (κ2) is 7.61. The normalized spacial score (nSPS) is 11.3. The van der Waals surface area contributed by atoms with Crippen molar-refractivity contribution in [2.75, 3.05) is 19.8 Å². The van der Waals surface area contributed by atoms with E-state index in [1.807, 2.05) is 18.2 Å². The number of nitrogen functional groups attached to an aromatic ring is 1. The smallest absolute Gasteiger partial charge is 0.257 e. The summed E-state index contributed by atoms with van der Waals surface area (Å²) in [7, 11) is 3.38. The zero-order valence-electron chi connectivity index (χ0n) is 16.1. The molecule has 6 nitrogen and oxygen atoms in total. The minimum Gasteiger partial charge on any atom is -0.487 e. The van der Waals surface area contributed by atoms with E-state index in [1.54, 1.807) is 21.0 Å². The third-order valence-electron chi connectivity index (χ3n) is 3.92. The number of carbonyl (C=O) groups excluding carboxylic acids is 1. The highest BCUT2D eigenvalue weighted by atomic mass is 79.9. The second-order valence-corrected chi connectivity index (χ2v) is 8.28. The maximum Gasteiger partial charge on any atom is 0.257 e. The third kappa shape index (κ3) is 4.52. The van der Waals surface area contributed by atoms with Crippen molar-refractivity contribution < 1.29 is 9.53 Å². The maximum atomic E-state index is 12.5. The molecular weight excluding hydrogens is 396 g/mol. The summed E-state index contributed by atoms with van der Waals surface area (Å²) in [5, 5.41) is 0. The molecule has 2 N–H and O–H groups in total. The monoisotopic (exact) mass is 420 g/mol. The molecule has 1 aromatic carbocycles. The number of ether oxygens (including phenoxy) is 1. The van der Waals surface area contributed by atoms with Crippen LogP contribution in [0.4, 0.5) is 5.95 Å². The van der Waals surface area contributed by atoms with Gasteiger partial charge in [-0.15, -0.1) is 0 Å². The Morgan fingerprint density at radius 3 is 2.50 bits per heavy atom. The molecule has 0 aliphatic heterocycles. The quantitative estimate of drug-likeness (QED) is 0.814. The van der Waals surface area contributed by atoms with E-state index in [-0.39, 0.29) is 23.9 Å². The van der Waals surface area contributed by atoms with Crippen LogP contribution in [0, 0.1) is 6.92 Å². The summed E-state index contributed by atoms with van der Waals surface area (Å²) in [4.78, 5) is 22.4. The molecule has 1 amide bonds. The molecule has 0 atom stereocenters. The van der Waals surface area contributed by atoms with Gasteiger partial charge < -0.3 is 15.4 Å². The molecule has 0 aliphatic rings. The summed E-state index contributed by atoms with van der Waals surface area (Å²) in [5.74, 6) is 0.704. The highest BCUT2D eigenvalue weighted by Gasteiger charge is 2.22. The lowest BCUT2D eigenvalue weighted by atomic mass is 9.86. The van der Waals surface area contributed by atoms with Gasteiger partial charge in [0.25, 0.3) is 5.91 Å². The maximum absolute atomic E-state index is 12.5. The molecule has 0 saturated carbocycles. The van der Waals surface area contributed by atoms with Crippen LogP contribution in [0.1, 0.15) is 48.1 Å². The van der Waals surface area contributed by atoms with E-state index in [0.717, 1.165) is 15.8 Å². The van der Waals surface area contributed by atoms with E-state index >= 15 is 0 Å². The number of halogens is 1. The molecule has 1 heterocycles. The molecule has 0 bridgehead atoms. The number of aryl methyl sites for hydroxylation is 1. The number of aromatic nitrogens is 2. The van der Waals surface area contributed by atoms with E-state index in [4.69, 9.17) is 10.5 Å². The fourth-order valence-electron chi connectivity index (χ4n) is 2.62. The van der Waals surface area contributed by atoms with Crippen LogP contribution in [0.2, 0.25) is 0 Å². The van der Waals surface area contributed by atoms with Gasteiger partial charge in [-0.3, -0.25) is 4.79 Å². The van der Waals surface area contributed by atoms with Gasteiger partial charge in [-0.2, -0.15) is 0 Å². The van der Waals surface area contributed by atoms with Crippen molar-refractivity contribution in [2.24, 2.45) is 0 Å². The molecule has 0 aliphatic carbocycles. The van der Waals surface area contributed by atoms with Crippen molar-refractivity contribution >= 4 is 27.8 Å². The summed E-state index contributed by atoms with van der Waals surface area (Å²) in [6, 6.07) is 5.88. The minimum atomic E-state index is -0.173. The lowest BCUT2D eigenvalue weighted by Gasteiger charge is -2.23. The first-order chi connectivity index (χ1) is 12.0. The molecule has 0 saturated heterocycles. The Hall–Kier alpha value is -2.15. The molecule has 1 aromatic heterocycles. The number of carbonyl (C=O) groups is 1. The topological polar surface area (TPSA) is 81.3 Å². The fourth-order valence-corrected chi connectivity index (χ4v) is 2.98. The Morgan fingerprint density at radius 1 is 1.27 bits per heavy atom. The Bertz CT molecular complexity index is 829. The summed E-state index contributed by atoms with van der Waals surface area (Å²) in [6.07, 6.45) is 0. The van der Waals surface area contributed by atoms with Crippen molar-refractivity contribution in [2.45, 2.75) is 39.7 Å². The summed E-state index contributed by atoms with van der Waals surface area (Å²) < 4.78 is 7.03. The van der Waals surface area contributed by atoms with Gasteiger partial charge in [-0.05, 0) is 30.5 Å². The zero-order chi connectivity index (χ0) is 19.6. The number of rotatable bonds is 4. The number of amides is 1. The Balaban J connectivity index is 2.41. The fraction of sp³-hybridized carbons (Fsp3) is 0.421. The first kappa shape index (κ1) is 20.2. The molecule has 0 spiro atoms. The van der Waals surface area contributed by atoms with Gasteiger partial charge in [-0.1, -0.05) is 36.7 Å². The predicted octanol–water partition coefficient (Wildman–Crippen LogP) is 3.71. The van der Waals surface area contributed by atoms with Crippen LogP contribution in [-0.4, -0.2) is 34.9 Å². The zero-order valence-corrected chi connectivity index (χ0v) is 17.6. The number of nitrogens with two attached hydrogens (primary N) is 1. The summed E-state index contributed by atoms with van der Waals surface area (Å²) in [5.41, 5.74) is 8.20. The molecular formula is C19H25BrN4O2. The van der Waals surface area contributed by atoms with Crippen LogP contribution < -0.4 is 10.5 Å². The van der Waals surface area contributed by atoms with Gasteiger partial charge in [0.15, 0.2) is 0 Å². The SMILES string of the molecule is Cc1nc(N)nc(COc2ccc(Br)cc2C(C)(C)C)c1C(=O)N(C)C. The first-order valence-corrected chi connectivity index (χ1v) is 9.07. The van der Waals surface area contributed by atoms with Gasteiger partial charge in [0, 0.05) is 24.1 Å². The highest BCUT2D eigenvalue weighted by molar-refractivity contribution is 9.10. The van der Waals surface area contributed by atoms with E-state index < -0.39 is 0 Å². The molecule has 2 rings (SSSR count). The number of benzene rings is 1. The van der Waals surface area contributed by atoms with Gasteiger partial charge in [0.05, 0.1) is 17.0 Å². The highest BCUT2D eigenvalue weighted by Crippen LogP contribution is 2.34. The van der Waals surface area contributed by atoms with Crippen molar-refractivity contribution in [3.8, 4) is 5.75 Å². The number of nitrogens with zero attached hydrogens (tertiary/aromatic N) is 3. The predicted molar refractivity (Wildman–Crippen MR) is 106 cm³/mol. The number of hydrogen-bond acceptors (Lipinski definition) is 5. The van der Waals surface area contributed by atoms with E-state index in [0.29, 0.717) is 17.0 Å². The average molecular weight is 421 g/mol. The summed E-state index contributed by atoms with van der Waals surface area (Å²) in [6.45, 7) is 8.24. The van der Waals surface area contributed by atoms with Crippen molar-refractivity contribution in [3.63, 3.8) is 0 Å². The Labute approximate surface area is 162 Å². The van der Waals surface area contributed by atoms with Crippen LogP contribution >= 0.6 is 15.9 Å². The van der Waals surface area contributed by atoms with E-state index in [2.05, 4.69) is 46.7 Å². The van der Waals surface area contributed by atoms with Crippen LogP contribution in [0.5, 0.6) is 5.75 Å². The minimum absolute atomic E-state index is 0.0952.